The normalized spacial score (nSPS) is 16.9. The Morgan fingerprint density at radius 3 is 3.07 bits per heavy atom. The second kappa shape index (κ2) is 5.17. The average Bonchev–Trinajstić information content (AvgIpc) is 2.60. The molecular formula is C11H17NO2. The Balaban J connectivity index is 1.47. The zero-order chi connectivity index (χ0) is 9.64. The molecule has 1 aromatic heterocycles. The summed E-state index contributed by atoms with van der Waals surface area (Å²) in [6.45, 7) is 2.61. The van der Waals surface area contributed by atoms with Gasteiger partial charge in [-0.25, -0.2) is 0 Å². The van der Waals surface area contributed by atoms with E-state index in [1.54, 1.807) is 12.5 Å². The van der Waals surface area contributed by atoms with E-state index in [-0.39, 0.29) is 0 Å². The van der Waals surface area contributed by atoms with E-state index in [0.717, 1.165) is 19.7 Å². The fraction of sp³-hybridized carbons (Fsp3) is 0.636. The highest BCUT2D eigenvalue weighted by molar-refractivity contribution is 5.04. The summed E-state index contributed by atoms with van der Waals surface area (Å²) in [5.41, 5.74) is 1.19. The number of hydrogen-bond donors (Lipinski definition) is 1. The predicted octanol–water partition coefficient (Wildman–Crippen LogP) is 1.94. The highest BCUT2D eigenvalue weighted by Crippen LogP contribution is 2.21. The van der Waals surface area contributed by atoms with E-state index in [0.29, 0.717) is 6.10 Å². The smallest absolute Gasteiger partial charge is 0.0947 e. The molecule has 0 unspecified atom stereocenters. The Morgan fingerprint density at radius 1 is 1.50 bits per heavy atom. The third-order valence-electron chi connectivity index (χ3n) is 2.59. The maximum absolute atomic E-state index is 5.61. The zero-order valence-corrected chi connectivity index (χ0v) is 8.37. The molecular weight excluding hydrogens is 178 g/mol. The first-order valence-electron chi connectivity index (χ1n) is 5.28. The second-order valence-corrected chi connectivity index (χ2v) is 3.73. The number of furan rings is 1. The predicted molar refractivity (Wildman–Crippen MR) is 54.0 cm³/mol. The summed E-state index contributed by atoms with van der Waals surface area (Å²) >= 11 is 0. The summed E-state index contributed by atoms with van der Waals surface area (Å²) in [7, 11) is 0. The molecule has 2 rings (SSSR count). The van der Waals surface area contributed by atoms with Crippen molar-refractivity contribution in [2.45, 2.75) is 31.9 Å². The van der Waals surface area contributed by atoms with Gasteiger partial charge in [0.25, 0.3) is 0 Å². The summed E-state index contributed by atoms with van der Waals surface area (Å²) in [6.07, 6.45) is 7.85. The SMILES string of the molecule is c1cc(CNCCOC2CCC2)co1. The molecule has 78 valence electrons. The molecule has 0 amide bonds. The molecule has 1 aliphatic rings. The lowest BCUT2D eigenvalue weighted by Gasteiger charge is -2.25. The Hall–Kier alpha value is -0.800. The van der Waals surface area contributed by atoms with E-state index < -0.39 is 0 Å². The maximum atomic E-state index is 5.61. The molecule has 3 nitrogen and oxygen atoms in total. The minimum atomic E-state index is 0.547. The van der Waals surface area contributed by atoms with E-state index in [9.17, 15) is 0 Å². The summed E-state index contributed by atoms with van der Waals surface area (Å²) in [5, 5.41) is 3.31. The van der Waals surface area contributed by atoms with Crippen molar-refractivity contribution in [3.63, 3.8) is 0 Å². The summed E-state index contributed by atoms with van der Waals surface area (Å²) in [6, 6.07) is 1.97. The van der Waals surface area contributed by atoms with Gasteiger partial charge in [0, 0.05) is 18.7 Å². The van der Waals surface area contributed by atoms with Crippen LogP contribution in [-0.4, -0.2) is 19.3 Å². The molecule has 1 N–H and O–H groups in total. The summed E-state index contributed by atoms with van der Waals surface area (Å²) in [5.74, 6) is 0. The van der Waals surface area contributed by atoms with Gasteiger partial charge < -0.3 is 14.5 Å². The van der Waals surface area contributed by atoms with Gasteiger partial charge in [0.05, 0.1) is 25.2 Å². The van der Waals surface area contributed by atoms with Gasteiger partial charge in [-0.05, 0) is 25.3 Å². The topological polar surface area (TPSA) is 34.4 Å². The van der Waals surface area contributed by atoms with Crippen LogP contribution in [0.15, 0.2) is 23.0 Å². The van der Waals surface area contributed by atoms with Crippen LogP contribution in [0.3, 0.4) is 0 Å². The largest absolute Gasteiger partial charge is 0.472 e. The van der Waals surface area contributed by atoms with Gasteiger partial charge >= 0.3 is 0 Å². The van der Waals surface area contributed by atoms with Gasteiger partial charge in [0.15, 0.2) is 0 Å². The fourth-order valence-corrected chi connectivity index (χ4v) is 1.46. The third-order valence-corrected chi connectivity index (χ3v) is 2.59. The number of rotatable bonds is 6. The van der Waals surface area contributed by atoms with Crippen LogP contribution in [0, 0.1) is 0 Å². The fourth-order valence-electron chi connectivity index (χ4n) is 1.46. The van der Waals surface area contributed by atoms with Crippen molar-refractivity contribution < 1.29 is 9.15 Å². The first kappa shape index (κ1) is 9.74. The maximum Gasteiger partial charge on any atom is 0.0947 e. The molecule has 14 heavy (non-hydrogen) atoms. The van der Waals surface area contributed by atoms with Gasteiger partial charge in [-0.3, -0.25) is 0 Å². The molecule has 0 saturated heterocycles. The van der Waals surface area contributed by atoms with Crippen LogP contribution < -0.4 is 5.32 Å². The van der Waals surface area contributed by atoms with Gasteiger partial charge in [0.1, 0.15) is 0 Å². The quantitative estimate of drug-likeness (QED) is 0.704. The molecule has 0 atom stereocenters. The van der Waals surface area contributed by atoms with Gasteiger partial charge in [-0.2, -0.15) is 0 Å². The molecule has 1 aliphatic carbocycles. The van der Waals surface area contributed by atoms with Gasteiger partial charge in [0.2, 0.25) is 0 Å². The van der Waals surface area contributed by atoms with E-state index in [4.69, 9.17) is 9.15 Å². The van der Waals surface area contributed by atoms with Crippen LogP contribution in [0.1, 0.15) is 24.8 Å². The Kier molecular flexibility index (Phi) is 3.60. The Labute approximate surface area is 84.4 Å². The molecule has 3 heteroatoms. The molecule has 0 spiro atoms. The summed E-state index contributed by atoms with van der Waals surface area (Å²) in [4.78, 5) is 0. The minimum Gasteiger partial charge on any atom is -0.472 e. The van der Waals surface area contributed by atoms with E-state index in [2.05, 4.69) is 5.32 Å². The van der Waals surface area contributed by atoms with E-state index >= 15 is 0 Å². The van der Waals surface area contributed by atoms with Crippen molar-refractivity contribution in [2.24, 2.45) is 0 Å². The second-order valence-electron chi connectivity index (χ2n) is 3.73. The van der Waals surface area contributed by atoms with Crippen LogP contribution in [-0.2, 0) is 11.3 Å². The van der Waals surface area contributed by atoms with E-state index in [1.165, 1.54) is 24.8 Å². The lowest BCUT2D eigenvalue weighted by atomic mass is 9.96. The van der Waals surface area contributed by atoms with Crippen LogP contribution in [0.4, 0.5) is 0 Å². The van der Waals surface area contributed by atoms with Crippen molar-refractivity contribution in [3.8, 4) is 0 Å². The Morgan fingerprint density at radius 2 is 2.43 bits per heavy atom. The van der Waals surface area contributed by atoms with Crippen molar-refractivity contribution in [1.29, 1.82) is 0 Å². The third kappa shape index (κ3) is 2.86. The highest BCUT2D eigenvalue weighted by atomic mass is 16.5. The first-order chi connectivity index (χ1) is 6.95. The van der Waals surface area contributed by atoms with Crippen molar-refractivity contribution in [3.05, 3.63) is 24.2 Å². The minimum absolute atomic E-state index is 0.547. The zero-order valence-electron chi connectivity index (χ0n) is 8.37. The highest BCUT2D eigenvalue weighted by Gasteiger charge is 2.16. The van der Waals surface area contributed by atoms with E-state index in [1.807, 2.05) is 6.07 Å². The molecule has 0 aromatic carbocycles. The van der Waals surface area contributed by atoms with Crippen LogP contribution in [0.2, 0.25) is 0 Å². The monoisotopic (exact) mass is 195 g/mol. The van der Waals surface area contributed by atoms with Crippen LogP contribution in [0.5, 0.6) is 0 Å². The number of ether oxygens (including phenoxy) is 1. The summed E-state index contributed by atoms with van der Waals surface area (Å²) < 4.78 is 10.6. The van der Waals surface area contributed by atoms with Crippen LogP contribution in [0.25, 0.3) is 0 Å². The number of hydrogen-bond acceptors (Lipinski definition) is 3. The molecule has 0 bridgehead atoms. The molecule has 1 saturated carbocycles. The molecule has 1 heterocycles. The standard InChI is InChI=1S/C11H17NO2/c1-2-11(3-1)14-7-5-12-8-10-4-6-13-9-10/h4,6,9,11-12H,1-3,5,7-8H2. The van der Waals surface area contributed by atoms with Crippen molar-refractivity contribution in [2.75, 3.05) is 13.2 Å². The van der Waals surface area contributed by atoms with Gasteiger partial charge in [-0.15, -0.1) is 0 Å². The molecule has 1 aromatic rings. The van der Waals surface area contributed by atoms with Crippen LogP contribution >= 0.6 is 0 Å². The molecule has 0 radical (unpaired) electrons. The first-order valence-corrected chi connectivity index (χ1v) is 5.28. The van der Waals surface area contributed by atoms with Gasteiger partial charge in [-0.1, -0.05) is 0 Å². The Bertz CT molecular complexity index is 242. The van der Waals surface area contributed by atoms with Crippen molar-refractivity contribution >= 4 is 0 Å². The lowest BCUT2D eigenvalue weighted by Crippen LogP contribution is -2.26. The average molecular weight is 195 g/mol. The molecule has 1 fully saturated rings. The van der Waals surface area contributed by atoms with Crippen molar-refractivity contribution in [1.82, 2.24) is 5.32 Å². The number of nitrogens with one attached hydrogen (secondary N) is 1. The molecule has 0 aliphatic heterocycles. The lowest BCUT2D eigenvalue weighted by molar-refractivity contribution is 0.00419.